The molecular weight excluding hydrogens is 961 g/mol. The summed E-state index contributed by atoms with van der Waals surface area (Å²) in [5, 5.41) is 0. The Labute approximate surface area is 486 Å². The van der Waals surface area contributed by atoms with Gasteiger partial charge in [0, 0.05) is 19.3 Å². The molecule has 0 saturated carbocycles. The van der Waals surface area contributed by atoms with Gasteiger partial charge in [-0.05, 0) is 96.3 Å². The Hall–Kier alpha value is -2.63. The smallest absolute Gasteiger partial charge is 0.306 e. The third-order valence-electron chi connectivity index (χ3n) is 15.5. The van der Waals surface area contributed by atoms with Crippen LogP contribution in [0, 0.1) is 0 Å². The van der Waals surface area contributed by atoms with Crippen molar-refractivity contribution in [2.45, 2.75) is 380 Å². The standard InChI is InChI=1S/C72H132O6/c1-4-7-10-13-16-19-22-25-28-30-32-34-35-36-37-39-40-42-44-47-50-53-56-59-62-65-71(74)77-68-69(67-76-70(73)64-61-58-55-52-49-46-27-24-21-18-15-12-9-6-3)78-72(75)66-63-60-57-54-51-48-45-43-41-38-33-31-29-26-23-20-17-14-11-8-5-2/h15,18,24,27,30-33,69H,4-14,16-17,19-23,25-26,28-29,34-68H2,1-3H3/b18-15-,27-24-,32-30-,33-31-. The van der Waals surface area contributed by atoms with Gasteiger partial charge in [0.25, 0.3) is 0 Å². The number of esters is 3. The van der Waals surface area contributed by atoms with Crippen LogP contribution >= 0.6 is 0 Å². The maximum Gasteiger partial charge on any atom is 0.306 e. The zero-order valence-corrected chi connectivity index (χ0v) is 52.5. The van der Waals surface area contributed by atoms with Crippen LogP contribution in [0.3, 0.4) is 0 Å². The van der Waals surface area contributed by atoms with Crippen molar-refractivity contribution in [2.24, 2.45) is 0 Å². The van der Waals surface area contributed by atoms with Gasteiger partial charge in [-0.25, -0.2) is 0 Å². The average molecular weight is 1090 g/mol. The molecule has 456 valence electrons. The van der Waals surface area contributed by atoms with Crippen LogP contribution in [0.25, 0.3) is 0 Å². The molecule has 0 aliphatic carbocycles. The predicted octanol–water partition coefficient (Wildman–Crippen LogP) is 23.7. The molecule has 0 aromatic rings. The maximum absolute atomic E-state index is 12.9. The number of ether oxygens (including phenoxy) is 3. The number of allylic oxidation sites excluding steroid dienone is 8. The van der Waals surface area contributed by atoms with Crippen LogP contribution in [0.4, 0.5) is 0 Å². The molecule has 0 aromatic carbocycles. The van der Waals surface area contributed by atoms with Gasteiger partial charge in [-0.2, -0.15) is 0 Å². The van der Waals surface area contributed by atoms with E-state index < -0.39 is 6.10 Å². The zero-order chi connectivity index (χ0) is 56.4. The van der Waals surface area contributed by atoms with Crippen molar-refractivity contribution in [2.75, 3.05) is 13.2 Å². The first kappa shape index (κ1) is 75.4. The second-order valence-electron chi connectivity index (χ2n) is 23.4. The van der Waals surface area contributed by atoms with Crippen molar-refractivity contribution in [3.05, 3.63) is 48.6 Å². The first-order valence-corrected chi connectivity index (χ1v) is 34.6. The van der Waals surface area contributed by atoms with Gasteiger partial charge in [0.05, 0.1) is 0 Å². The molecule has 0 aromatic heterocycles. The number of unbranched alkanes of at least 4 members (excludes halogenated alkanes) is 45. The van der Waals surface area contributed by atoms with Crippen molar-refractivity contribution in [1.29, 1.82) is 0 Å². The minimum Gasteiger partial charge on any atom is -0.462 e. The maximum atomic E-state index is 12.9. The molecule has 0 amide bonds. The second kappa shape index (κ2) is 66.9. The Morgan fingerprint density at radius 3 is 0.756 bits per heavy atom. The highest BCUT2D eigenvalue weighted by Crippen LogP contribution is 2.18. The van der Waals surface area contributed by atoms with E-state index in [1.54, 1.807) is 0 Å². The van der Waals surface area contributed by atoms with Gasteiger partial charge in [-0.3, -0.25) is 14.4 Å². The Bertz CT molecular complexity index is 1350. The van der Waals surface area contributed by atoms with Crippen LogP contribution in [0.5, 0.6) is 0 Å². The molecule has 0 N–H and O–H groups in total. The number of carbonyl (C=O) groups is 3. The number of carbonyl (C=O) groups excluding carboxylic acids is 3. The molecule has 0 saturated heterocycles. The van der Waals surface area contributed by atoms with Crippen molar-refractivity contribution >= 4 is 17.9 Å². The van der Waals surface area contributed by atoms with E-state index in [0.717, 1.165) is 77.0 Å². The largest absolute Gasteiger partial charge is 0.462 e. The van der Waals surface area contributed by atoms with Gasteiger partial charge in [-0.1, -0.05) is 307 Å². The quantitative estimate of drug-likeness (QED) is 0.0261. The van der Waals surface area contributed by atoms with Crippen LogP contribution in [0.1, 0.15) is 374 Å². The Balaban J connectivity index is 4.28. The molecule has 1 atom stereocenters. The summed E-state index contributed by atoms with van der Waals surface area (Å²) < 4.78 is 17.0. The summed E-state index contributed by atoms with van der Waals surface area (Å²) in [7, 11) is 0. The van der Waals surface area contributed by atoms with Gasteiger partial charge >= 0.3 is 17.9 Å². The predicted molar refractivity (Wildman–Crippen MR) is 339 cm³/mol. The molecule has 6 nitrogen and oxygen atoms in total. The molecule has 0 radical (unpaired) electrons. The lowest BCUT2D eigenvalue weighted by Crippen LogP contribution is -2.30. The van der Waals surface area contributed by atoms with Crippen molar-refractivity contribution in [3.8, 4) is 0 Å². The van der Waals surface area contributed by atoms with E-state index in [1.807, 2.05) is 0 Å². The van der Waals surface area contributed by atoms with E-state index in [1.165, 1.54) is 257 Å². The fourth-order valence-electron chi connectivity index (χ4n) is 10.3. The molecule has 0 aliphatic rings. The van der Waals surface area contributed by atoms with Crippen molar-refractivity contribution < 1.29 is 28.6 Å². The minimum atomic E-state index is -0.780. The van der Waals surface area contributed by atoms with E-state index in [2.05, 4.69) is 69.4 Å². The molecule has 78 heavy (non-hydrogen) atoms. The van der Waals surface area contributed by atoms with E-state index in [4.69, 9.17) is 14.2 Å². The van der Waals surface area contributed by atoms with Crippen molar-refractivity contribution in [1.82, 2.24) is 0 Å². The summed E-state index contributed by atoms with van der Waals surface area (Å²) in [4.78, 5) is 38.4. The zero-order valence-electron chi connectivity index (χ0n) is 52.5. The molecular formula is C72H132O6. The summed E-state index contributed by atoms with van der Waals surface area (Å²) >= 11 is 0. The average Bonchev–Trinajstić information content (AvgIpc) is 3.44. The highest BCUT2D eigenvalue weighted by molar-refractivity contribution is 5.71. The lowest BCUT2D eigenvalue weighted by atomic mass is 10.0. The topological polar surface area (TPSA) is 78.9 Å². The monoisotopic (exact) mass is 1090 g/mol. The van der Waals surface area contributed by atoms with E-state index in [0.29, 0.717) is 19.3 Å². The first-order valence-electron chi connectivity index (χ1n) is 34.6. The summed E-state index contributed by atoms with van der Waals surface area (Å²) in [6.45, 7) is 6.65. The minimum absolute atomic E-state index is 0.0756. The molecule has 0 bridgehead atoms. The fourth-order valence-corrected chi connectivity index (χ4v) is 10.3. The Kier molecular flexibility index (Phi) is 64.6. The molecule has 0 rings (SSSR count). The third kappa shape index (κ3) is 64.2. The van der Waals surface area contributed by atoms with Crippen LogP contribution in [-0.4, -0.2) is 37.2 Å². The van der Waals surface area contributed by atoms with Crippen LogP contribution in [-0.2, 0) is 28.6 Å². The number of hydrogen-bond acceptors (Lipinski definition) is 6. The second-order valence-corrected chi connectivity index (χ2v) is 23.4. The molecule has 1 unspecified atom stereocenters. The lowest BCUT2D eigenvalue weighted by molar-refractivity contribution is -0.167. The summed E-state index contributed by atoms with van der Waals surface area (Å²) in [6, 6.07) is 0. The number of rotatable bonds is 64. The summed E-state index contributed by atoms with van der Waals surface area (Å²) in [6.07, 6.45) is 84.2. The number of hydrogen-bond donors (Lipinski definition) is 0. The molecule has 0 fully saturated rings. The molecule has 0 aliphatic heterocycles. The van der Waals surface area contributed by atoms with Gasteiger partial charge in [0.1, 0.15) is 13.2 Å². The summed E-state index contributed by atoms with van der Waals surface area (Å²) in [5.74, 6) is -0.869. The highest BCUT2D eigenvalue weighted by Gasteiger charge is 2.19. The Morgan fingerprint density at radius 2 is 0.474 bits per heavy atom. The summed E-state index contributed by atoms with van der Waals surface area (Å²) in [5.41, 5.74) is 0. The van der Waals surface area contributed by atoms with Crippen LogP contribution in [0.15, 0.2) is 48.6 Å². The highest BCUT2D eigenvalue weighted by atomic mass is 16.6. The van der Waals surface area contributed by atoms with Crippen molar-refractivity contribution in [3.63, 3.8) is 0 Å². The van der Waals surface area contributed by atoms with Crippen LogP contribution < -0.4 is 0 Å². The SMILES string of the molecule is CCCC/C=C\C/C=C\CCCCCCCC(=O)OCC(COC(=O)CCCCCCCCCCCCCCC/C=C\CCCCCCCCCC)OC(=O)CCCCCCCCCCC/C=C\CCCCCCCCCC. The first-order chi connectivity index (χ1) is 38.5. The fraction of sp³-hybridized carbons (Fsp3) is 0.847. The van der Waals surface area contributed by atoms with Gasteiger partial charge < -0.3 is 14.2 Å². The molecule has 0 heterocycles. The van der Waals surface area contributed by atoms with E-state index >= 15 is 0 Å². The molecule has 0 spiro atoms. The Morgan fingerprint density at radius 1 is 0.256 bits per heavy atom. The van der Waals surface area contributed by atoms with E-state index in [9.17, 15) is 14.4 Å². The lowest BCUT2D eigenvalue weighted by Gasteiger charge is -2.18. The van der Waals surface area contributed by atoms with E-state index in [-0.39, 0.29) is 31.1 Å². The molecule has 6 heteroatoms. The normalized spacial score (nSPS) is 12.3. The third-order valence-corrected chi connectivity index (χ3v) is 15.5. The van der Waals surface area contributed by atoms with Crippen LogP contribution in [0.2, 0.25) is 0 Å². The van der Waals surface area contributed by atoms with Gasteiger partial charge in [0.2, 0.25) is 0 Å². The van der Waals surface area contributed by atoms with Gasteiger partial charge in [0.15, 0.2) is 6.10 Å². The van der Waals surface area contributed by atoms with Gasteiger partial charge in [-0.15, -0.1) is 0 Å².